The van der Waals surface area contributed by atoms with Crippen LogP contribution in [0.25, 0.3) is 0 Å². The van der Waals surface area contributed by atoms with Gasteiger partial charge in [-0.3, -0.25) is 9.78 Å². The molecule has 1 atom stereocenters. The predicted molar refractivity (Wildman–Crippen MR) is 72.3 cm³/mol. The molecule has 1 aliphatic rings. The van der Waals surface area contributed by atoms with E-state index in [2.05, 4.69) is 15.3 Å². The Balaban J connectivity index is 1.79. The maximum atomic E-state index is 11.6. The molecule has 114 valence electrons. The van der Waals surface area contributed by atoms with Crippen LogP contribution in [0.4, 0.5) is 0 Å². The second kappa shape index (κ2) is 6.17. The highest BCUT2D eigenvalue weighted by Gasteiger charge is 2.29. The molecule has 1 aromatic heterocycles. The molecular weight excluding hydrogens is 298 g/mol. The summed E-state index contributed by atoms with van der Waals surface area (Å²) in [7, 11) is -3.06. The molecule has 0 aliphatic carbocycles. The number of nitrogens with zero attached hydrogens (tertiary/aromatic N) is 2. The molecule has 0 saturated carbocycles. The fraction of sp³-hybridized carbons (Fsp3) is 0.500. The zero-order valence-corrected chi connectivity index (χ0v) is 12.2. The number of carbonyl (C=O) groups excluding carboxylic acids is 2. The van der Waals surface area contributed by atoms with E-state index >= 15 is 0 Å². The highest BCUT2D eigenvalue weighted by atomic mass is 32.2. The number of esters is 1. The number of rotatable bonds is 4. The lowest BCUT2D eigenvalue weighted by Crippen LogP contribution is -2.38. The number of ether oxygens (including phenoxy) is 1. The maximum Gasteiger partial charge on any atom is 0.359 e. The van der Waals surface area contributed by atoms with E-state index in [1.165, 1.54) is 12.4 Å². The van der Waals surface area contributed by atoms with E-state index in [1.54, 1.807) is 6.92 Å². The average Bonchev–Trinajstić information content (AvgIpc) is 2.76. The summed E-state index contributed by atoms with van der Waals surface area (Å²) in [5.74, 6) is -1.30. The Bertz CT molecular complexity index is 641. The van der Waals surface area contributed by atoms with Crippen LogP contribution in [0.5, 0.6) is 0 Å². The van der Waals surface area contributed by atoms with Gasteiger partial charge in [0.15, 0.2) is 22.1 Å². The van der Waals surface area contributed by atoms with Crippen LogP contribution in [0.15, 0.2) is 12.4 Å². The molecule has 1 aromatic rings. The normalized spacial score (nSPS) is 20.0. The first-order valence-electron chi connectivity index (χ1n) is 6.31. The van der Waals surface area contributed by atoms with Gasteiger partial charge in [-0.1, -0.05) is 0 Å². The van der Waals surface area contributed by atoms with Crippen molar-refractivity contribution in [1.82, 2.24) is 15.3 Å². The Morgan fingerprint density at radius 1 is 1.38 bits per heavy atom. The lowest BCUT2D eigenvalue weighted by Gasteiger charge is -2.10. The molecule has 1 fully saturated rings. The minimum absolute atomic E-state index is 0.0110. The van der Waals surface area contributed by atoms with Crippen LogP contribution < -0.4 is 5.32 Å². The smallest absolute Gasteiger partial charge is 0.359 e. The third-order valence-electron chi connectivity index (χ3n) is 2.92. The summed E-state index contributed by atoms with van der Waals surface area (Å²) < 4.78 is 27.3. The number of carbonyl (C=O) groups is 2. The lowest BCUT2D eigenvalue weighted by molar-refractivity contribution is -0.124. The second-order valence-electron chi connectivity index (χ2n) is 4.79. The van der Waals surface area contributed by atoms with E-state index in [1.807, 2.05) is 0 Å². The molecule has 1 aliphatic heterocycles. The maximum absolute atomic E-state index is 11.6. The Hall–Kier alpha value is -2.03. The largest absolute Gasteiger partial charge is 0.451 e. The van der Waals surface area contributed by atoms with Crippen LogP contribution >= 0.6 is 0 Å². The molecule has 1 saturated heterocycles. The lowest BCUT2D eigenvalue weighted by atomic mass is 10.2. The van der Waals surface area contributed by atoms with Crippen molar-refractivity contribution in [3.05, 3.63) is 23.8 Å². The summed E-state index contributed by atoms with van der Waals surface area (Å²) in [5, 5.41) is 2.52. The fourth-order valence-corrected chi connectivity index (χ4v) is 3.55. The van der Waals surface area contributed by atoms with Crippen LogP contribution in [0, 0.1) is 6.92 Å². The predicted octanol–water partition coefficient (Wildman–Crippen LogP) is -0.755. The zero-order chi connectivity index (χ0) is 15.5. The molecule has 0 radical (unpaired) electrons. The van der Waals surface area contributed by atoms with E-state index < -0.39 is 34.4 Å². The number of amides is 1. The van der Waals surface area contributed by atoms with E-state index in [4.69, 9.17) is 4.74 Å². The van der Waals surface area contributed by atoms with Crippen molar-refractivity contribution in [2.45, 2.75) is 19.4 Å². The Labute approximate surface area is 121 Å². The van der Waals surface area contributed by atoms with Crippen molar-refractivity contribution >= 4 is 21.7 Å². The van der Waals surface area contributed by atoms with Crippen molar-refractivity contribution in [3.63, 3.8) is 0 Å². The first-order chi connectivity index (χ1) is 9.85. The number of nitrogens with one attached hydrogen (secondary N) is 1. The standard InChI is InChI=1S/C12H15N3O5S/c1-8-4-14-10(5-13-8)12(17)20-6-11(16)15-9-2-3-21(18,19)7-9/h4-5,9H,2-3,6-7H2,1H3,(H,15,16)/t9-/m0/s1. The molecule has 1 amide bonds. The van der Waals surface area contributed by atoms with E-state index in [-0.39, 0.29) is 17.2 Å². The molecule has 2 heterocycles. The van der Waals surface area contributed by atoms with Gasteiger partial charge in [0.25, 0.3) is 5.91 Å². The van der Waals surface area contributed by atoms with E-state index in [0.29, 0.717) is 12.1 Å². The third-order valence-corrected chi connectivity index (χ3v) is 4.69. The van der Waals surface area contributed by atoms with Gasteiger partial charge in [0.2, 0.25) is 0 Å². The van der Waals surface area contributed by atoms with Gasteiger partial charge in [-0.2, -0.15) is 0 Å². The van der Waals surface area contributed by atoms with Gasteiger partial charge < -0.3 is 10.1 Å². The van der Waals surface area contributed by atoms with Crippen LogP contribution in [-0.4, -0.2) is 54.4 Å². The fourth-order valence-electron chi connectivity index (χ4n) is 1.88. The number of aromatic nitrogens is 2. The molecule has 21 heavy (non-hydrogen) atoms. The molecule has 9 heteroatoms. The zero-order valence-electron chi connectivity index (χ0n) is 11.4. The summed E-state index contributed by atoms with van der Waals surface area (Å²) >= 11 is 0. The summed E-state index contributed by atoms with van der Waals surface area (Å²) in [6.07, 6.45) is 3.06. The van der Waals surface area contributed by atoms with Crippen LogP contribution in [-0.2, 0) is 19.4 Å². The number of hydrogen-bond acceptors (Lipinski definition) is 7. The molecule has 8 nitrogen and oxygen atoms in total. The summed E-state index contributed by atoms with van der Waals surface area (Å²) in [4.78, 5) is 30.9. The van der Waals surface area contributed by atoms with Gasteiger partial charge >= 0.3 is 5.97 Å². The van der Waals surface area contributed by atoms with Crippen molar-refractivity contribution < 1.29 is 22.7 Å². The first-order valence-corrected chi connectivity index (χ1v) is 8.13. The minimum atomic E-state index is -3.06. The summed E-state index contributed by atoms with van der Waals surface area (Å²) in [6.45, 7) is 1.25. The minimum Gasteiger partial charge on any atom is -0.451 e. The van der Waals surface area contributed by atoms with Crippen molar-refractivity contribution in [1.29, 1.82) is 0 Å². The SMILES string of the molecule is Cc1cnc(C(=O)OCC(=O)N[C@H]2CCS(=O)(=O)C2)cn1. The van der Waals surface area contributed by atoms with Crippen molar-refractivity contribution in [3.8, 4) is 0 Å². The summed E-state index contributed by atoms with van der Waals surface area (Å²) in [5.41, 5.74) is 0.670. The molecule has 1 N–H and O–H groups in total. The van der Waals surface area contributed by atoms with Gasteiger partial charge in [0, 0.05) is 12.2 Å². The molecule has 0 spiro atoms. The van der Waals surface area contributed by atoms with Gasteiger partial charge in [-0.15, -0.1) is 0 Å². The van der Waals surface area contributed by atoms with Gasteiger partial charge in [0.1, 0.15) is 0 Å². The van der Waals surface area contributed by atoms with E-state index in [0.717, 1.165) is 0 Å². The highest BCUT2D eigenvalue weighted by Crippen LogP contribution is 2.11. The third kappa shape index (κ3) is 4.48. The Morgan fingerprint density at radius 2 is 2.14 bits per heavy atom. The van der Waals surface area contributed by atoms with Crippen molar-refractivity contribution in [2.24, 2.45) is 0 Å². The number of aryl methyl sites for hydroxylation is 1. The van der Waals surface area contributed by atoms with Gasteiger partial charge in [0.05, 0.1) is 23.4 Å². The van der Waals surface area contributed by atoms with Gasteiger partial charge in [-0.05, 0) is 13.3 Å². The van der Waals surface area contributed by atoms with Crippen LogP contribution in [0.3, 0.4) is 0 Å². The first kappa shape index (κ1) is 15.4. The van der Waals surface area contributed by atoms with Gasteiger partial charge in [-0.25, -0.2) is 18.2 Å². The van der Waals surface area contributed by atoms with Crippen molar-refractivity contribution in [2.75, 3.05) is 18.1 Å². The van der Waals surface area contributed by atoms with Crippen LogP contribution in [0.2, 0.25) is 0 Å². The molecular formula is C12H15N3O5S. The average molecular weight is 313 g/mol. The number of hydrogen-bond donors (Lipinski definition) is 1. The van der Waals surface area contributed by atoms with E-state index in [9.17, 15) is 18.0 Å². The second-order valence-corrected chi connectivity index (χ2v) is 7.02. The molecule has 0 unspecified atom stereocenters. The quantitative estimate of drug-likeness (QED) is 0.727. The Kier molecular flexibility index (Phi) is 4.51. The summed E-state index contributed by atoms with van der Waals surface area (Å²) in [6, 6.07) is -0.416. The topological polar surface area (TPSA) is 115 Å². The number of sulfone groups is 1. The molecule has 2 rings (SSSR count). The molecule has 0 aromatic carbocycles. The van der Waals surface area contributed by atoms with Crippen LogP contribution in [0.1, 0.15) is 22.6 Å². The monoisotopic (exact) mass is 313 g/mol. The molecule has 0 bridgehead atoms. The Morgan fingerprint density at radius 3 is 2.71 bits per heavy atom. The highest BCUT2D eigenvalue weighted by molar-refractivity contribution is 7.91.